The number of hydrogen-bond donors (Lipinski definition) is 0. The highest BCUT2D eigenvalue weighted by Gasteiger charge is 2.04. The van der Waals surface area contributed by atoms with Crippen LogP contribution in [0.1, 0.15) is 41.6 Å². The van der Waals surface area contributed by atoms with Crippen LogP contribution in [0.2, 0.25) is 0 Å². The highest BCUT2D eigenvalue weighted by molar-refractivity contribution is 5.95. The van der Waals surface area contributed by atoms with E-state index in [4.69, 9.17) is 0 Å². The van der Waals surface area contributed by atoms with Crippen molar-refractivity contribution in [3.8, 4) is 0 Å². The van der Waals surface area contributed by atoms with E-state index in [-0.39, 0.29) is 11.6 Å². The zero-order chi connectivity index (χ0) is 14.9. The molecule has 0 radical (unpaired) electrons. The number of unbranched alkanes of at least 4 members (excludes halogenated alkanes) is 2. The fraction of sp³-hybridized carbons (Fsp3) is 0.211. The maximum Gasteiger partial charge on any atom is 0.162 e. The largest absolute Gasteiger partial charge is 0.294 e. The van der Waals surface area contributed by atoms with Crippen molar-refractivity contribution in [1.82, 2.24) is 0 Å². The standard InChI is InChI=1S/C19H19FO/c20-18-14-12-17(13-15-18)19(21)11-7-2-1-4-8-16-9-5-3-6-10-16/h3-6,8-10,12-15H,1-2,7,11H2/b8-4+. The maximum absolute atomic E-state index is 12.8. The van der Waals surface area contributed by atoms with Crippen LogP contribution in [-0.4, -0.2) is 5.78 Å². The lowest BCUT2D eigenvalue weighted by Crippen LogP contribution is -1.98. The molecule has 0 amide bonds. The van der Waals surface area contributed by atoms with E-state index in [0.717, 1.165) is 19.3 Å². The van der Waals surface area contributed by atoms with Crippen LogP contribution in [0.3, 0.4) is 0 Å². The molecular formula is C19H19FO. The van der Waals surface area contributed by atoms with Gasteiger partial charge in [0.1, 0.15) is 5.82 Å². The molecule has 0 heterocycles. The van der Waals surface area contributed by atoms with Crippen LogP contribution in [0.25, 0.3) is 6.08 Å². The maximum atomic E-state index is 12.8. The zero-order valence-electron chi connectivity index (χ0n) is 12.0. The summed E-state index contributed by atoms with van der Waals surface area (Å²) in [5.74, 6) is -0.223. The van der Waals surface area contributed by atoms with Gasteiger partial charge >= 0.3 is 0 Å². The van der Waals surface area contributed by atoms with Crippen molar-refractivity contribution in [2.75, 3.05) is 0 Å². The Morgan fingerprint density at radius 2 is 1.67 bits per heavy atom. The SMILES string of the molecule is O=C(CCCC/C=C/c1ccccc1)c1ccc(F)cc1. The third-order valence-electron chi connectivity index (χ3n) is 3.30. The van der Waals surface area contributed by atoms with Crippen LogP contribution in [0.15, 0.2) is 60.7 Å². The number of rotatable bonds is 7. The molecule has 2 rings (SSSR count). The number of benzene rings is 2. The number of hydrogen-bond acceptors (Lipinski definition) is 1. The molecule has 0 N–H and O–H groups in total. The molecule has 21 heavy (non-hydrogen) atoms. The Hall–Kier alpha value is -2.22. The molecule has 2 heteroatoms. The molecule has 2 aromatic rings. The first-order chi connectivity index (χ1) is 10.3. The van der Waals surface area contributed by atoms with Gasteiger partial charge in [-0.2, -0.15) is 0 Å². The normalized spacial score (nSPS) is 10.9. The van der Waals surface area contributed by atoms with Crippen molar-refractivity contribution in [1.29, 1.82) is 0 Å². The van der Waals surface area contributed by atoms with Crippen molar-refractivity contribution in [2.24, 2.45) is 0 Å². The predicted octanol–water partition coefficient (Wildman–Crippen LogP) is 5.28. The van der Waals surface area contributed by atoms with Crippen molar-refractivity contribution in [3.63, 3.8) is 0 Å². The molecular weight excluding hydrogens is 263 g/mol. The third-order valence-corrected chi connectivity index (χ3v) is 3.30. The Morgan fingerprint density at radius 3 is 2.38 bits per heavy atom. The van der Waals surface area contributed by atoms with Crippen molar-refractivity contribution < 1.29 is 9.18 Å². The van der Waals surface area contributed by atoms with Gasteiger partial charge in [-0.3, -0.25) is 4.79 Å². The average molecular weight is 282 g/mol. The number of carbonyl (C=O) groups is 1. The van der Waals surface area contributed by atoms with Gasteiger partial charge in [-0.15, -0.1) is 0 Å². The van der Waals surface area contributed by atoms with Gasteiger partial charge in [0.2, 0.25) is 0 Å². The average Bonchev–Trinajstić information content (AvgIpc) is 2.52. The van der Waals surface area contributed by atoms with Gasteiger partial charge in [0.15, 0.2) is 5.78 Å². The molecule has 108 valence electrons. The van der Waals surface area contributed by atoms with Crippen LogP contribution in [0, 0.1) is 5.82 Å². The van der Waals surface area contributed by atoms with Crippen LogP contribution in [0.5, 0.6) is 0 Å². The first kappa shape index (κ1) is 15.2. The Morgan fingerprint density at radius 1 is 0.952 bits per heavy atom. The molecule has 0 atom stereocenters. The van der Waals surface area contributed by atoms with E-state index in [9.17, 15) is 9.18 Å². The lowest BCUT2D eigenvalue weighted by atomic mass is 10.0. The summed E-state index contributed by atoms with van der Waals surface area (Å²) in [6.07, 6.45) is 7.56. The second kappa shape index (κ2) is 8.15. The lowest BCUT2D eigenvalue weighted by molar-refractivity contribution is 0.0979. The van der Waals surface area contributed by atoms with Crippen molar-refractivity contribution in [2.45, 2.75) is 25.7 Å². The molecule has 0 aliphatic heterocycles. The molecule has 0 bridgehead atoms. The Bertz CT molecular complexity index is 585. The lowest BCUT2D eigenvalue weighted by Gasteiger charge is -2.00. The molecule has 0 aliphatic carbocycles. The second-order valence-electron chi connectivity index (χ2n) is 4.99. The van der Waals surface area contributed by atoms with E-state index in [2.05, 4.69) is 24.3 Å². The van der Waals surface area contributed by atoms with Gasteiger partial charge in [0, 0.05) is 12.0 Å². The topological polar surface area (TPSA) is 17.1 Å². The molecule has 0 fully saturated rings. The van der Waals surface area contributed by atoms with E-state index < -0.39 is 0 Å². The quantitative estimate of drug-likeness (QED) is 0.498. The van der Waals surface area contributed by atoms with Crippen LogP contribution >= 0.6 is 0 Å². The number of halogens is 1. The van der Waals surface area contributed by atoms with Crippen LogP contribution in [-0.2, 0) is 0 Å². The summed E-state index contributed by atoms with van der Waals surface area (Å²) in [4.78, 5) is 11.9. The highest BCUT2D eigenvalue weighted by atomic mass is 19.1. The number of carbonyl (C=O) groups excluding carboxylic acids is 1. The molecule has 0 aliphatic rings. The minimum absolute atomic E-state index is 0.0852. The van der Waals surface area contributed by atoms with E-state index in [1.165, 1.54) is 17.7 Å². The van der Waals surface area contributed by atoms with E-state index >= 15 is 0 Å². The van der Waals surface area contributed by atoms with Crippen molar-refractivity contribution in [3.05, 3.63) is 77.6 Å². The smallest absolute Gasteiger partial charge is 0.162 e. The molecule has 0 saturated carbocycles. The van der Waals surface area contributed by atoms with Gasteiger partial charge in [-0.1, -0.05) is 42.5 Å². The summed E-state index contributed by atoms with van der Waals surface area (Å²) in [5.41, 5.74) is 1.79. The Balaban J connectivity index is 1.67. The minimum Gasteiger partial charge on any atom is -0.294 e. The molecule has 0 aromatic heterocycles. The summed E-state index contributed by atoms with van der Waals surface area (Å²) in [5, 5.41) is 0. The van der Waals surface area contributed by atoms with Gasteiger partial charge in [-0.25, -0.2) is 4.39 Å². The van der Waals surface area contributed by atoms with E-state index in [1.807, 2.05) is 18.2 Å². The predicted molar refractivity (Wildman–Crippen MR) is 84.7 cm³/mol. The summed E-state index contributed by atoms with van der Waals surface area (Å²) in [6.45, 7) is 0. The fourth-order valence-corrected chi connectivity index (χ4v) is 2.11. The number of Topliss-reactive ketones (excluding diaryl/α,β-unsaturated/α-hetero) is 1. The monoisotopic (exact) mass is 282 g/mol. The minimum atomic E-state index is -0.308. The van der Waals surface area contributed by atoms with E-state index in [1.54, 1.807) is 12.1 Å². The number of ketones is 1. The second-order valence-corrected chi connectivity index (χ2v) is 4.99. The van der Waals surface area contributed by atoms with Gasteiger partial charge < -0.3 is 0 Å². The summed E-state index contributed by atoms with van der Waals surface area (Å²) in [6, 6.07) is 15.9. The Kier molecular flexibility index (Phi) is 5.89. The molecule has 1 nitrogen and oxygen atoms in total. The van der Waals surface area contributed by atoms with E-state index in [0.29, 0.717) is 12.0 Å². The summed E-state index contributed by atoms with van der Waals surface area (Å²) in [7, 11) is 0. The first-order valence-corrected chi connectivity index (χ1v) is 7.26. The molecule has 0 unspecified atom stereocenters. The molecule has 0 spiro atoms. The van der Waals surface area contributed by atoms with Gasteiger partial charge in [0.25, 0.3) is 0 Å². The molecule has 2 aromatic carbocycles. The summed E-state index contributed by atoms with van der Waals surface area (Å²) < 4.78 is 12.8. The van der Waals surface area contributed by atoms with Crippen molar-refractivity contribution >= 4 is 11.9 Å². The Labute approximate surface area is 125 Å². The first-order valence-electron chi connectivity index (χ1n) is 7.26. The summed E-state index contributed by atoms with van der Waals surface area (Å²) >= 11 is 0. The van der Waals surface area contributed by atoms with Crippen LogP contribution in [0.4, 0.5) is 4.39 Å². The number of allylic oxidation sites excluding steroid dienone is 1. The fourth-order valence-electron chi connectivity index (χ4n) is 2.11. The third kappa shape index (κ3) is 5.35. The van der Waals surface area contributed by atoms with Gasteiger partial charge in [-0.05, 0) is 49.1 Å². The molecule has 0 saturated heterocycles. The van der Waals surface area contributed by atoms with Gasteiger partial charge in [0.05, 0.1) is 0 Å². The highest BCUT2D eigenvalue weighted by Crippen LogP contribution is 2.10. The zero-order valence-corrected chi connectivity index (χ0v) is 12.0. The van der Waals surface area contributed by atoms with Crippen LogP contribution < -0.4 is 0 Å².